The van der Waals surface area contributed by atoms with Gasteiger partial charge in [-0.25, -0.2) is 9.67 Å². The van der Waals surface area contributed by atoms with E-state index < -0.39 is 5.95 Å². The maximum atomic E-state index is 14.8. The highest BCUT2D eigenvalue weighted by Gasteiger charge is 2.17. The summed E-state index contributed by atoms with van der Waals surface area (Å²) in [7, 11) is 0. The lowest BCUT2D eigenvalue weighted by Crippen LogP contribution is -2.24. The number of amides is 1. The lowest BCUT2D eigenvalue weighted by atomic mass is 10.1. The van der Waals surface area contributed by atoms with E-state index in [9.17, 15) is 14.0 Å². The molecule has 152 valence electrons. The van der Waals surface area contributed by atoms with Gasteiger partial charge in [-0.1, -0.05) is 30.3 Å². The highest BCUT2D eigenvalue weighted by atomic mass is 19.1. The molecule has 0 bridgehead atoms. The molecule has 0 saturated heterocycles. The molecule has 0 aliphatic rings. The number of hydrogen-bond acceptors (Lipinski definition) is 5. The first-order chi connectivity index (χ1) is 15.0. The van der Waals surface area contributed by atoms with Gasteiger partial charge in [-0.3, -0.25) is 9.59 Å². The summed E-state index contributed by atoms with van der Waals surface area (Å²) < 4.78 is 16.1. The van der Waals surface area contributed by atoms with Crippen LogP contribution in [-0.4, -0.2) is 20.7 Å². The summed E-state index contributed by atoms with van der Waals surface area (Å²) in [4.78, 5) is 28.0. The van der Waals surface area contributed by atoms with Crippen molar-refractivity contribution in [1.82, 2.24) is 14.8 Å². The standard InChI is InChI=1S/C23H16FN5O2/c1-14(30)26-20-11-10-19(22(24)27-20)21-17-4-2-3-5-18(17)23(31)29(28-21)13-16-8-6-15(12-25)7-9-16/h2-11H,13H2,1H3,(H,26,27,30). The summed E-state index contributed by atoms with van der Waals surface area (Å²) in [5, 5.41) is 16.7. The van der Waals surface area contributed by atoms with E-state index in [2.05, 4.69) is 15.4 Å². The molecule has 2 aromatic carbocycles. The van der Waals surface area contributed by atoms with Gasteiger partial charge < -0.3 is 5.32 Å². The minimum atomic E-state index is -0.813. The molecule has 4 rings (SSSR count). The van der Waals surface area contributed by atoms with Crippen LogP contribution in [0.25, 0.3) is 22.0 Å². The third kappa shape index (κ3) is 4.02. The molecule has 0 fully saturated rings. The van der Waals surface area contributed by atoms with Crippen LogP contribution in [-0.2, 0) is 11.3 Å². The highest BCUT2D eigenvalue weighted by Crippen LogP contribution is 2.27. The van der Waals surface area contributed by atoms with Crippen molar-refractivity contribution in [3.05, 3.63) is 88.1 Å². The second kappa shape index (κ2) is 8.16. The van der Waals surface area contributed by atoms with Crippen LogP contribution in [0.3, 0.4) is 0 Å². The summed E-state index contributed by atoms with van der Waals surface area (Å²) in [6, 6.07) is 18.6. The molecule has 1 amide bonds. The fraction of sp³-hybridized carbons (Fsp3) is 0.0870. The molecular formula is C23H16FN5O2. The number of halogens is 1. The average molecular weight is 413 g/mol. The molecule has 0 aliphatic carbocycles. The molecule has 0 radical (unpaired) electrons. The topological polar surface area (TPSA) is 101 Å². The van der Waals surface area contributed by atoms with E-state index in [1.165, 1.54) is 23.7 Å². The predicted molar refractivity (Wildman–Crippen MR) is 114 cm³/mol. The maximum absolute atomic E-state index is 14.8. The van der Waals surface area contributed by atoms with Crippen LogP contribution in [0, 0.1) is 17.3 Å². The Morgan fingerprint density at radius 1 is 1.10 bits per heavy atom. The van der Waals surface area contributed by atoms with Gasteiger partial charge in [0.25, 0.3) is 5.56 Å². The number of nitrogens with zero attached hydrogens (tertiary/aromatic N) is 4. The molecule has 31 heavy (non-hydrogen) atoms. The van der Waals surface area contributed by atoms with Gasteiger partial charge in [0, 0.05) is 12.3 Å². The van der Waals surface area contributed by atoms with Crippen molar-refractivity contribution in [2.24, 2.45) is 0 Å². The van der Waals surface area contributed by atoms with E-state index in [1.54, 1.807) is 48.5 Å². The average Bonchev–Trinajstić information content (AvgIpc) is 2.76. The number of hydrogen-bond donors (Lipinski definition) is 1. The number of nitrogens with one attached hydrogen (secondary N) is 1. The Labute approximate surface area is 176 Å². The molecule has 1 N–H and O–H groups in total. The number of aromatic nitrogens is 3. The SMILES string of the molecule is CC(=O)Nc1ccc(-c2nn(Cc3ccc(C#N)cc3)c(=O)c3ccccc23)c(F)n1. The Morgan fingerprint density at radius 3 is 2.45 bits per heavy atom. The Bertz CT molecular complexity index is 1400. The summed E-state index contributed by atoms with van der Waals surface area (Å²) >= 11 is 0. The smallest absolute Gasteiger partial charge is 0.274 e. The van der Waals surface area contributed by atoms with Crippen LogP contribution in [0.2, 0.25) is 0 Å². The molecule has 7 nitrogen and oxygen atoms in total. The molecule has 0 atom stereocenters. The zero-order valence-corrected chi connectivity index (χ0v) is 16.5. The van der Waals surface area contributed by atoms with Gasteiger partial charge >= 0.3 is 0 Å². The second-order valence-corrected chi connectivity index (χ2v) is 6.88. The van der Waals surface area contributed by atoms with Crippen molar-refractivity contribution in [3.8, 4) is 17.3 Å². The van der Waals surface area contributed by atoms with Crippen LogP contribution >= 0.6 is 0 Å². The number of benzene rings is 2. The van der Waals surface area contributed by atoms with Gasteiger partial charge in [0.2, 0.25) is 11.9 Å². The molecule has 2 aromatic heterocycles. The second-order valence-electron chi connectivity index (χ2n) is 6.88. The number of rotatable bonds is 4. The quantitative estimate of drug-likeness (QED) is 0.516. The summed E-state index contributed by atoms with van der Waals surface area (Å²) in [6.07, 6.45) is 0. The van der Waals surface area contributed by atoms with E-state index in [0.29, 0.717) is 16.3 Å². The Morgan fingerprint density at radius 2 is 1.81 bits per heavy atom. The number of fused-ring (bicyclic) bond motifs is 1. The Balaban J connectivity index is 1.85. The molecular weight excluding hydrogens is 397 g/mol. The highest BCUT2D eigenvalue weighted by molar-refractivity contribution is 5.94. The molecule has 0 spiro atoms. The van der Waals surface area contributed by atoms with Crippen LogP contribution in [0.4, 0.5) is 10.2 Å². The molecule has 0 saturated carbocycles. The largest absolute Gasteiger partial charge is 0.311 e. The predicted octanol–water partition coefficient (Wildman–Crippen LogP) is 3.48. The maximum Gasteiger partial charge on any atom is 0.274 e. The van der Waals surface area contributed by atoms with Crippen LogP contribution < -0.4 is 10.9 Å². The molecule has 0 unspecified atom stereocenters. The number of anilines is 1. The lowest BCUT2D eigenvalue weighted by Gasteiger charge is -2.12. The van der Waals surface area contributed by atoms with Crippen LogP contribution in [0.15, 0.2) is 65.5 Å². The van der Waals surface area contributed by atoms with Crippen LogP contribution in [0.1, 0.15) is 18.1 Å². The zero-order valence-electron chi connectivity index (χ0n) is 16.5. The minimum absolute atomic E-state index is 0.0870. The normalized spacial score (nSPS) is 10.6. The van der Waals surface area contributed by atoms with E-state index in [-0.39, 0.29) is 35.1 Å². The Hall–Kier alpha value is -4.38. The van der Waals surface area contributed by atoms with E-state index >= 15 is 0 Å². The van der Waals surface area contributed by atoms with Crippen molar-refractivity contribution < 1.29 is 9.18 Å². The van der Waals surface area contributed by atoms with Gasteiger partial charge in [0.1, 0.15) is 11.5 Å². The molecule has 8 heteroatoms. The van der Waals surface area contributed by atoms with Gasteiger partial charge in [-0.15, -0.1) is 0 Å². The molecule has 2 heterocycles. The van der Waals surface area contributed by atoms with E-state index in [0.717, 1.165) is 5.56 Å². The lowest BCUT2D eigenvalue weighted by molar-refractivity contribution is -0.114. The first kappa shape index (κ1) is 19.9. The number of nitriles is 1. The van der Waals surface area contributed by atoms with Crippen molar-refractivity contribution in [1.29, 1.82) is 5.26 Å². The van der Waals surface area contributed by atoms with Crippen molar-refractivity contribution in [2.75, 3.05) is 5.32 Å². The van der Waals surface area contributed by atoms with Crippen molar-refractivity contribution in [3.63, 3.8) is 0 Å². The zero-order chi connectivity index (χ0) is 22.0. The molecule has 4 aromatic rings. The van der Waals surface area contributed by atoms with Gasteiger partial charge in [0.15, 0.2) is 0 Å². The summed E-state index contributed by atoms with van der Waals surface area (Å²) in [5.74, 6) is -1.09. The fourth-order valence-electron chi connectivity index (χ4n) is 3.26. The van der Waals surface area contributed by atoms with Gasteiger partial charge in [-0.05, 0) is 35.9 Å². The minimum Gasteiger partial charge on any atom is -0.311 e. The van der Waals surface area contributed by atoms with Crippen molar-refractivity contribution >= 4 is 22.5 Å². The Kier molecular flexibility index (Phi) is 5.24. The monoisotopic (exact) mass is 413 g/mol. The molecule has 0 aliphatic heterocycles. The number of pyridine rings is 1. The number of carbonyl (C=O) groups excluding carboxylic acids is 1. The third-order valence-corrected chi connectivity index (χ3v) is 4.69. The van der Waals surface area contributed by atoms with E-state index in [4.69, 9.17) is 5.26 Å². The fourth-order valence-corrected chi connectivity index (χ4v) is 3.26. The first-order valence-corrected chi connectivity index (χ1v) is 9.39. The van der Waals surface area contributed by atoms with Crippen molar-refractivity contribution in [2.45, 2.75) is 13.5 Å². The third-order valence-electron chi connectivity index (χ3n) is 4.69. The first-order valence-electron chi connectivity index (χ1n) is 9.39. The van der Waals surface area contributed by atoms with Gasteiger partial charge in [-0.2, -0.15) is 14.8 Å². The van der Waals surface area contributed by atoms with Gasteiger partial charge in [0.05, 0.1) is 29.1 Å². The van der Waals surface area contributed by atoms with E-state index in [1.807, 2.05) is 6.07 Å². The van der Waals surface area contributed by atoms with Crippen LogP contribution in [0.5, 0.6) is 0 Å². The summed E-state index contributed by atoms with van der Waals surface area (Å²) in [5.41, 5.74) is 1.35. The number of carbonyl (C=O) groups is 1. The summed E-state index contributed by atoms with van der Waals surface area (Å²) in [6.45, 7) is 1.46.